The average molecular weight is 298 g/mol. The molecule has 0 aliphatic carbocycles. The second-order valence-corrected chi connectivity index (χ2v) is 5.04. The molecule has 0 spiro atoms. The smallest absolute Gasteiger partial charge is 0.338 e. The molecule has 4 heteroatoms. The summed E-state index contributed by atoms with van der Waals surface area (Å²) in [7, 11) is 2.71. The molecule has 0 N–H and O–H groups in total. The summed E-state index contributed by atoms with van der Waals surface area (Å²) in [6, 6.07) is 11.1. The van der Waals surface area contributed by atoms with Gasteiger partial charge in [-0.3, -0.25) is 0 Å². The maximum Gasteiger partial charge on any atom is 0.338 e. The van der Waals surface area contributed by atoms with Gasteiger partial charge in [-0.15, -0.1) is 0 Å². The first-order chi connectivity index (χ1) is 10.5. The van der Waals surface area contributed by atoms with Gasteiger partial charge >= 0.3 is 11.9 Å². The van der Waals surface area contributed by atoms with Crippen molar-refractivity contribution in [2.45, 2.75) is 13.8 Å². The lowest BCUT2D eigenvalue weighted by Gasteiger charge is -2.10. The second-order valence-electron chi connectivity index (χ2n) is 5.04. The Morgan fingerprint density at radius 1 is 0.727 bits per heavy atom. The molecule has 0 heterocycles. The fourth-order valence-electron chi connectivity index (χ4n) is 2.26. The number of methoxy groups -OCH3 is 2. The first kappa shape index (κ1) is 15.8. The van der Waals surface area contributed by atoms with Crippen LogP contribution in [0.3, 0.4) is 0 Å². The Hall–Kier alpha value is -2.62. The van der Waals surface area contributed by atoms with Crippen LogP contribution in [0.4, 0.5) is 0 Å². The molecule has 0 amide bonds. The summed E-state index contributed by atoms with van der Waals surface area (Å²) in [5, 5.41) is 0. The standard InChI is InChI=1S/C18H18O4/c1-11-5-7-13(9-15(11)17(19)21-3)14-8-6-12(2)16(10-14)18(20)22-4/h5-10H,1-4H3. The average Bonchev–Trinajstić information content (AvgIpc) is 2.54. The van der Waals surface area contributed by atoms with Gasteiger partial charge in [0.05, 0.1) is 25.3 Å². The third-order valence-corrected chi connectivity index (χ3v) is 3.62. The molecular weight excluding hydrogens is 280 g/mol. The van der Waals surface area contributed by atoms with E-state index in [-0.39, 0.29) is 11.9 Å². The minimum atomic E-state index is -0.375. The zero-order valence-corrected chi connectivity index (χ0v) is 13.1. The van der Waals surface area contributed by atoms with Crippen LogP contribution in [0.2, 0.25) is 0 Å². The molecule has 0 radical (unpaired) electrons. The number of carbonyl (C=O) groups excluding carboxylic acids is 2. The Labute approximate surface area is 129 Å². The van der Waals surface area contributed by atoms with Gasteiger partial charge in [0.1, 0.15) is 0 Å². The lowest BCUT2D eigenvalue weighted by atomic mass is 9.96. The normalized spacial score (nSPS) is 10.2. The van der Waals surface area contributed by atoms with Crippen LogP contribution in [-0.2, 0) is 9.47 Å². The molecule has 22 heavy (non-hydrogen) atoms. The zero-order chi connectivity index (χ0) is 16.3. The van der Waals surface area contributed by atoms with Gasteiger partial charge in [0.2, 0.25) is 0 Å². The molecule has 0 atom stereocenters. The van der Waals surface area contributed by atoms with E-state index in [4.69, 9.17) is 9.47 Å². The van der Waals surface area contributed by atoms with Crippen LogP contribution < -0.4 is 0 Å². The summed E-state index contributed by atoms with van der Waals surface area (Å²) >= 11 is 0. The van der Waals surface area contributed by atoms with Gasteiger partial charge in [0.25, 0.3) is 0 Å². The highest BCUT2D eigenvalue weighted by molar-refractivity contribution is 5.94. The Kier molecular flexibility index (Phi) is 4.61. The minimum Gasteiger partial charge on any atom is -0.465 e. The van der Waals surface area contributed by atoms with Crippen LogP contribution in [0.15, 0.2) is 36.4 Å². The highest BCUT2D eigenvalue weighted by Gasteiger charge is 2.13. The molecule has 0 saturated heterocycles. The molecule has 2 rings (SSSR count). The van der Waals surface area contributed by atoms with E-state index in [0.717, 1.165) is 22.3 Å². The van der Waals surface area contributed by atoms with Crippen molar-refractivity contribution in [3.8, 4) is 11.1 Å². The zero-order valence-electron chi connectivity index (χ0n) is 13.1. The number of carbonyl (C=O) groups is 2. The molecule has 2 aromatic rings. The molecule has 0 aliphatic rings. The van der Waals surface area contributed by atoms with E-state index in [1.54, 1.807) is 12.1 Å². The van der Waals surface area contributed by atoms with Crippen molar-refractivity contribution in [3.05, 3.63) is 58.7 Å². The van der Waals surface area contributed by atoms with E-state index in [0.29, 0.717) is 11.1 Å². The first-order valence-electron chi connectivity index (χ1n) is 6.86. The number of hydrogen-bond acceptors (Lipinski definition) is 4. The summed E-state index contributed by atoms with van der Waals surface area (Å²) in [6.45, 7) is 3.70. The molecule has 0 bridgehead atoms. The van der Waals surface area contributed by atoms with E-state index in [1.807, 2.05) is 38.1 Å². The van der Waals surface area contributed by atoms with Gasteiger partial charge in [0, 0.05) is 0 Å². The third kappa shape index (κ3) is 3.01. The molecule has 0 saturated carbocycles. The Morgan fingerprint density at radius 3 is 1.41 bits per heavy atom. The van der Waals surface area contributed by atoms with Crippen molar-refractivity contribution in [1.82, 2.24) is 0 Å². The molecule has 0 unspecified atom stereocenters. The first-order valence-corrected chi connectivity index (χ1v) is 6.86. The summed E-state index contributed by atoms with van der Waals surface area (Å²) < 4.78 is 9.59. The SMILES string of the molecule is COC(=O)c1cc(-c2ccc(C)c(C(=O)OC)c2)ccc1C. The van der Waals surface area contributed by atoms with Gasteiger partial charge in [-0.1, -0.05) is 24.3 Å². The largest absolute Gasteiger partial charge is 0.465 e. The van der Waals surface area contributed by atoms with Crippen LogP contribution in [0, 0.1) is 13.8 Å². The van der Waals surface area contributed by atoms with Crippen LogP contribution in [0.25, 0.3) is 11.1 Å². The second kappa shape index (κ2) is 6.43. The van der Waals surface area contributed by atoms with E-state index in [9.17, 15) is 9.59 Å². The van der Waals surface area contributed by atoms with Crippen molar-refractivity contribution in [2.24, 2.45) is 0 Å². The molecular formula is C18H18O4. The molecule has 4 nitrogen and oxygen atoms in total. The Balaban J connectivity index is 2.53. The lowest BCUT2D eigenvalue weighted by Crippen LogP contribution is -2.05. The van der Waals surface area contributed by atoms with Gasteiger partial charge in [-0.2, -0.15) is 0 Å². The summed E-state index contributed by atoms with van der Waals surface area (Å²) in [5.41, 5.74) is 4.40. The number of rotatable bonds is 3. The fraction of sp³-hybridized carbons (Fsp3) is 0.222. The lowest BCUT2D eigenvalue weighted by molar-refractivity contribution is 0.0590. The Bertz CT molecular complexity index is 668. The number of ether oxygens (including phenoxy) is 2. The van der Waals surface area contributed by atoms with Gasteiger partial charge in [-0.05, 0) is 48.2 Å². The summed E-state index contributed by atoms with van der Waals surface area (Å²) in [4.78, 5) is 23.6. The van der Waals surface area contributed by atoms with Gasteiger partial charge in [-0.25, -0.2) is 9.59 Å². The molecule has 114 valence electrons. The van der Waals surface area contributed by atoms with Crippen molar-refractivity contribution >= 4 is 11.9 Å². The predicted octanol–water partition coefficient (Wildman–Crippen LogP) is 3.54. The number of esters is 2. The van der Waals surface area contributed by atoms with E-state index in [2.05, 4.69) is 0 Å². The maximum absolute atomic E-state index is 11.8. The van der Waals surface area contributed by atoms with Crippen LogP contribution in [0.5, 0.6) is 0 Å². The number of hydrogen-bond donors (Lipinski definition) is 0. The van der Waals surface area contributed by atoms with Crippen molar-refractivity contribution in [1.29, 1.82) is 0 Å². The predicted molar refractivity (Wildman–Crippen MR) is 84.0 cm³/mol. The minimum absolute atomic E-state index is 0.375. The van der Waals surface area contributed by atoms with Crippen LogP contribution in [-0.4, -0.2) is 26.2 Å². The van der Waals surface area contributed by atoms with Gasteiger partial charge < -0.3 is 9.47 Å². The molecule has 2 aromatic carbocycles. The highest BCUT2D eigenvalue weighted by Crippen LogP contribution is 2.25. The Morgan fingerprint density at radius 2 is 1.09 bits per heavy atom. The van der Waals surface area contributed by atoms with E-state index >= 15 is 0 Å². The van der Waals surface area contributed by atoms with Crippen molar-refractivity contribution in [2.75, 3.05) is 14.2 Å². The summed E-state index contributed by atoms with van der Waals surface area (Å²) in [6.07, 6.45) is 0. The molecule has 0 fully saturated rings. The maximum atomic E-state index is 11.8. The quantitative estimate of drug-likeness (QED) is 0.813. The summed E-state index contributed by atoms with van der Waals surface area (Å²) in [5.74, 6) is -0.751. The van der Waals surface area contributed by atoms with Gasteiger partial charge in [0.15, 0.2) is 0 Å². The third-order valence-electron chi connectivity index (χ3n) is 3.62. The fourth-order valence-corrected chi connectivity index (χ4v) is 2.26. The number of benzene rings is 2. The monoisotopic (exact) mass is 298 g/mol. The van der Waals surface area contributed by atoms with E-state index < -0.39 is 0 Å². The highest BCUT2D eigenvalue weighted by atomic mass is 16.5. The molecule has 0 aliphatic heterocycles. The van der Waals surface area contributed by atoms with Crippen molar-refractivity contribution in [3.63, 3.8) is 0 Å². The topological polar surface area (TPSA) is 52.6 Å². The van der Waals surface area contributed by atoms with Crippen LogP contribution >= 0.6 is 0 Å². The van der Waals surface area contributed by atoms with E-state index in [1.165, 1.54) is 14.2 Å². The molecule has 0 aromatic heterocycles. The van der Waals surface area contributed by atoms with Crippen LogP contribution in [0.1, 0.15) is 31.8 Å². The number of aryl methyl sites for hydroxylation is 2. The van der Waals surface area contributed by atoms with Crippen molar-refractivity contribution < 1.29 is 19.1 Å².